The maximum absolute atomic E-state index is 5.10. The summed E-state index contributed by atoms with van der Waals surface area (Å²) in [4.78, 5) is 4.22. The van der Waals surface area contributed by atoms with Gasteiger partial charge >= 0.3 is 0 Å². The van der Waals surface area contributed by atoms with Crippen LogP contribution in [0.2, 0.25) is 0 Å². The summed E-state index contributed by atoms with van der Waals surface area (Å²) in [7, 11) is 3.31. The summed E-state index contributed by atoms with van der Waals surface area (Å²) >= 11 is 1.33. The Hall–Kier alpha value is -0.720. The van der Waals surface area contributed by atoms with Crippen molar-refractivity contribution in [2.24, 2.45) is 0 Å². The second-order valence-corrected chi connectivity index (χ2v) is 3.63. The third kappa shape index (κ3) is 3.57. The van der Waals surface area contributed by atoms with Crippen LogP contribution in [0.1, 0.15) is 12.7 Å². The Balaban J connectivity index is 2.35. The highest BCUT2D eigenvalue weighted by molar-refractivity contribution is 7.09. The van der Waals surface area contributed by atoms with E-state index < -0.39 is 0 Å². The van der Waals surface area contributed by atoms with Gasteiger partial charge in [-0.2, -0.15) is 4.37 Å². The Morgan fingerprint density at radius 1 is 1.50 bits per heavy atom. The van der Waals surface area contributed by atoms with Crippen LogP contribution in [-0.4, -0.2) is 36.2 Å². The average Bonchev–Trinajstić information content (AvgIpc) is 2.63. The van der Waals surface area contributed by atoms with Gasteiger partial charge in [-0.05, 0) is 6.92 Å². The molecule has 1 aromatic heterocycles. The van der Waals surface area contributed by atoms with Crippen LogP contribution in [0.5, 0.6) is 0 Å². The van der Waals surface area contributed by atoms with Gasteiger partial charge in [-0.15, -0.1) is 0 Å². The summed E-state index contributed by atoms with van der Waals surface area (Å²) in [5.74, 6) is 0.713. The molecule has 1 unspecified atom stereocenters. The highest BCUT2D eigenvalue weighted by atomic mass is 32.1. The predicted octanol–water partition coefficient (Wildman–Crippen LogP) is 1.13. The Labute approximate surface area is 87.6 Å². The zero-order chi connectivity index (χ0) is 10.4. The first-order valence-electron chi connectivity index (χ1n) is 4.34. The number of nitrogens with one attached hydrogen (secondary N) is 1. The van der Waals surface area contributed by atoms with Crippen LogP contribution in [-0.2, 0) is 16.1 Å². The second-order valence-electron chi connectivity index (χ2n) is 2.88. The van der Waals surface area contributed by atoms with Crippen molar-refractivity contribution in [1.29, 1.82) is 0 Å². The van der Waals surface area contributed by atoms with Crippen molar-refractivity contribution in [3.05, 3.63) is 5.82 Å². The monoisotopic (exact) mass is 217 g/mol. The minimum Gasteiger partial charge on any atom is -0.380 e. The molecule has 0 spiro atoms. The minimum atomic E-state index is 0.171. The summed E-state index contributed by atoms with van der Waals surface area (Å²) in [6, 6.07) is 0. The van der Waals surface area contributed by atoms with Gasteiger partial charge in [0.15, 0.2) is 5.82 Å². The molecule has 0 aliphatic carbocycles. The van der Waals surface area contributed by atoms with E-state index in [0.29, 0.717) is 12.4 Å². The van der Waals surface area contributed by atoms with E-state index in [0.717, 1.165) is 11.7 Å². The molecule has 1 atom stereocenters. The van der Waals surface area contributed by atoms with Crippen molar-refractivity contribution < 1.29 is 9.47 Å². The van der Waals surface area contributed by atoms with E-state index in [9.17, 15) is 0 Å². The number of hydrogen-bond acceptors (Lipinski definition) is 6. The van der Waals surface area contributed by atoms with Crippen molar-refractivity contribution in [3.63, 3.8) is 0 Å². The number of methoxy groups -OCH3 is 2. The van der Waals surface area contributed by atoms with Crippen molar-refractivity contribution in [2.45, 2.75) is 19.6 Å². The molecule has 14 heavy (non-hydrogen) atoms. The molecule has 0 saturated heterocycles. The van der Waals surface area contributed by atoms with Crippen molar-refractivity contribution in [3.8, 4) is 0 Å². The summed E-state index contributed by atoms with van der Waals surface area (Å²) in [6.07, 6.45) is 0.171. The van der Waals surface area contributed by atoms with E-state index in [1.165, 1.54) is 11.5 Å². The molecule has 5 nitrogen and oxygen atoms in total. The fraction of sp³-hybridized carbons (Fsp3) is 0.750. The van der Waals surface area contributed by atoms with E-state index in [-0.39, 0.29) is 6.10 Å². The van der Waals surface area contributed by atoms with Gasteiger partial charge in [0.1, 0.15) is 6.61 Å². The molecule has 0 bridgehead atoms. The van der Waals surface area contributed by atoms with E-state index in [4.69, 9.17) is 9.47 Å². The van der Waals surface area contributed by atoms with Gasteiger partial charge < -0.3 is 14.8 Å². The lowest BCUT2D eigenvalue weighted by Gasteiger charge is -2.08. The summed E-state index contributed by atoms with van der Waals surface area (Å²) in [5.41, 5.74) is 0. The number of rotatable bonds is 6. The van der Waals surface area contributed by atoms with Crippen molar-refractivity contribution in [1.82, 2.24) is 9.36 Å². The van der Waals surface area contributed by atoms with E-state index in [2.05, 4.69) is 14.7 Å². The van der Waals surface area contributed by atoms with Gasteiger partial charge in [-0.25, -0.2) is 4.98 Å². The Bertz CT molecular complexity index is 267. The average molecular weight is 217 g/mol. The van der Waals surface area contributed by atoms with Gasteiger partial charge in [0.25, 0.3) is 0 Å². The Morgan fingerprint density at radius 3 is 2.93 bits per heavy atom. The SMILES string of the molecule is COCc1nsc(NCC(C)OC)n1. The Kier molecular flexibility index (Phi) is 4.78. The fourth-order valence-electron chi connectivity index (χ4n) is 0.828. The molecule has 80 valence electrons. The first kappa shape index (κ1) is 11.4. The second kappa shape index (κ2) is 5.90. The standard InChI is InChI=1S/C8H15N3O2S/c1-6(13-3)4-9-8-10-7(5-12-2)11-14-8/h6H,4-5H2,1-3H3,(H,9,10,11). The van der Waals surface area contributed by atoms with E-state index >= 15 is 0 Å². The molecule has 1 heterocycles. The molecule has 1 N–H and O–H groups in total. The molecule has 0 radical (unpaired) electrons. The number of nitrogens with zero attached hydrogens (tertiary/aromatic N) is 2. The van der Waals surface area contributed by atoms with Crippen LogP contribution in [0.15, 0.2) is 0 Å². The van der Waals surface area contributed by atoms with Gasteiger partial charge in [0.05, 0.1) is 6.10 Å². The van der Waals surface area contributed by atoms with Crippen LogP contribution < -0.4 is 5.32 Å². The number of anilines is 1. The summed E-state index contributed by atoms with van der Waals surface area (Å²) < 4.78 is 14.1. The molecule has 0 saturated carbocycles. The normalized spacial score (nSPS) is 12.8. The van der Waals surface area contributed by atoms with Crippen LogP contribution in [0.25, 0.3) is 0 Å². The molecular formula is C8H15N3O2S. The molecule has 0 fully saturated rings. The van der Waals surface area contributed by atoms with E-state index in [1.54, 1.807) is 14.2 Å². The number of ether oxygens (including phenoxy) is 2. The van der Waals surface area contributed by atoms with E-state index in [1.807, 2.05) is 6.92 Å². The largest absolute Gasteiger partial charge is 0.380 e. The van der Waals surface area contributed by atoms with Crippen molar-refractivity contribution >= 4 is 16.7 Å². The number of aromatic nitrogens is 2. The molecule has 1 rings (SSSR count). The fourth-order valence-corrected chi connectivity index (χ4v) is 1.41. The third-order valence-electron chi connectivity index (χ3n) is 1.68. The predicted molar refractivity (Wildman–Crippen MR) is 55.6 cm³/mol. The van der Waals surface area contributed by atoms with Crippen LogP contribution in [0, 0.1) is 0 Å². The molecular weight excluding hydrogens is 202 g/mol. The maximum Gasteiger partial charge on any atom is 0.202 e. The first-order chi connectivity index (χ1) is 6.76. The van der Waals surface area contributed by atoms with Gasteiger partial charge in [0.2, 0.25) is 5.13 Å². The Morgan fingerprint density at radius 2 is 2.29 bits per heavy atom. The summed E-state index contributed by atoms with van der Waals surface area (Å²) in [5, 5.41) is 3.94. The van der Waals surface area contributed by atoms with Gasteiger partial charge in [0, 0.05) is 32.3 Å². The molecule has 0 aliphatic heterocycles. The smallest absolute Gasteiger partial charge is 0.202 e. The zero-order valence-electron chi connectivity index (χ0n) is 8.61. The molecule has 0 aromatic carbocycles. The van der Waals surface area contributed by atoms with Gasteiger partial charge in [-0.1, -0.05) is 0 Å². The topological polar surface area (TPSA) is 56.3 Å². The lowest BCUT2D eigenvalue weighted by atomic mass is 10.4. The van der Waals surface area contributed by atoms with Crippen molar-refractivity contribution in [2.75, 3.05) is 26.1 Å². The van der Waals surface area contributed by atoms with Gasteiger partial charge in [-0.3, -0.25) is 0 Å². The molecule has 0 aliphatic rings. The number of hydrogen-bond donors (Lipinski definition) is 1. The quantitative estimate of drug-likeness (QED) is 0.774. The zero-order valence-corrected chi connectivity index (χ0v) is 9.43. The highest BCUT2D eigenvalue weighted by Crippen LogP contribution is 2.11. The van der Waals surface area contributed by atoms with Crippen LogP contribution in [0.4, 0.5) is 5.13 Å². The molecule has 0 amide bonds. The maximum atomic E-state index is 5.10. The third-order valence-corrected chi connectivity index (χ3v) is 2.40. The molecule has 1 aromatic rings. The minimum absolute atomic E-state index is 0.171. The first-order valence-corrected chi connectivity index (χ1v) is 5.11. The van der Waals surface area contributed by atoms with Crippen LogP contribution >= 0.6 is 11.5 Å². The van der Waals surface area contributed by atoms with Crippen LogP contribution in [0.3, 0.4) is 0 Å². The molecule has 6 heteroatoms. The highest BCUT2D eigenvalue weighted by Gasteiger charge is 2.04. The lowest BCUT2D eigenvalue weighted by Crippen LogP contribution is -2.17. The lowest BCUT2D eigenvalue weighted by molar-refractivity contribution is 0.129. The summed E-state index contributed by atoms with van der Waals surface area (Å²) in [6.45, 7) is 3.18.